The quantitative estimate of drug-likeness (QED) is 0.477. The van der Waals surface area contributed by atoms with Gasteiger partial charge < -0.3 is 0 Å². The van der Waals surface area contributed by atoms with Crippen LogP contribution in [0.15, 0.2) is 0 Å². The van der Waals surface area contributed by atoms with Crippen molar-refractivity contribution < 1.29 is 0 Å². The summed E-state index contributed by atoms with van der Waals surface area (Å²) in [6, 6.07) is 0. The molecule has 1 fully saturated rings. The second kappa shape index (κ2) is 1.76. The average molecular weight is 307 g/mol. The molecule has 2 heteroatoms. The van der Waals surface area contributed by atoms with Crippen molar-refractivity contribution in [2.45, 2.75) is 14.3 Å². The van der Waals surface area contributed by atoms with Gasteiger partial charge in [-0.15, -0.1) is 0 Å². The number of hydrogen-bond acceptors (Lipinski definition) is 0. The molecule has 0 unspecified atom stereocenters. The summed E-state index contributed by atoms with van der Waals surface area (Å²) in [6.07, 6.45) is 5.04. The lowest BCUT2D eigenvalue weighted by atomic mass is 10.0. The van der Waals surface area contributed by atoms with Crippen LogP contribution >= 0.6 is 45.2 Å². The molecule has 1 rings (SSSR count). The maximum Gasteiger partial charge on any atom is 0.0766 e. The van der Waals surface area contributed by atoms with Crippen LogP contribution in [0.25, 0.3) is 0 Å². The standard InChI is InChI=1S/C4H5I2/c5-4(6)2-1-3-4/h2H,1,3H2. The van der Waals surface area contributed by atoms with E-state index in [4.69, 9.17) is 0 Å². The summed E-state index contributed by atoms with van der Waals surface area (Å²) in [5.41, 5.74) is 0. The number of hydrogen-bond donors (Lipinski definition) is 0. The zero-order valence-electron chi connectivity index (χ0n) is 3.25. The molecule has 0 amide bonds. The maximum absolute atomic E-state index is 2.46. The van der Waals surface area contributed by atoms with Gasteiger partial charge in [0.1, 0.15) is 0 Å². The van der Waals surface area contributed by atoms with Crippen molar-refractivity contribution in [3.05, 3.63) is 6.42 Å². The molecule has 0 saturated heterocycles. The van der Waals surface area contributed by atoms with Gasteiger partial charge in [-0.3, -0.25) is 0 Å². The number of rotatable bonds is 0. The number of alkyl halides is 2. The van der Waals surface area contributed by atoms with E-state index in [0.29, 0.717) is 1.43 Å². The van der Waals surface area contributed by atoms with Gasteiger partial charge in [-0.1, -0.05) is 45.2 Å². The molecule has 1 aliphatic carbocycles. The van der Waals surface area contributed by atoms with Crippen LogP contribution in [-0.2, 0) is 0 Å². The molecule has 1 aliphatic rings. The molecule has 0 nitrogen and oxygen atoms in total. The van der Waals surface area contributed by atoms with Crippen molar-refractivity contribution in [2.24, 2.45) is 0 Å². The van der Waals surface area contributed by atoms with Crippen molar-refractivity contribution >= 4 is 45.2 Å². The van der Waals surface area contributed by atoms with Gasteiger partial charge in [0.25, 0.3) is 0 Å². The molecule has 0 spiro atoms. The highest BCUT2D eigenvalue weighted by molar-refractivity contribution is 14.2. The highest BCUT2D eigenvalue weighted by Crippen LogP contribution is 2.45. The highest BCUT2D eigenvalue weighted by Gasteiger charge is 2.30. The van der Waals surface area contributed by atoms with E-state index in [-0.39, 0.29) is 0 Å². The van der Waals surface area contributed by atoms with Gasteiger partial charge in [0.2, 0.25) is 0 Å². The zero-order valence-corrected chi connectivity index (χ0v) is 7.56. The first-order valence-corrected chi connectivity index (χ1v) is 4.09. The monoisotopic (exact) mass is 307 g/mol. The Labute approximate surface area is 65.4 Å². The van der Waals surface area contributed by atoms with Gasteiger partial charge in [0.15, 0.2) is 0 Å². The smallest absolute Gasteiger partial charge is 0.0669 e. The van der Waals surface area contributed by atoms with Gasteiger partial charge in [-0.05, 0) is 19.3 Å². The van der Waals surface area contributed by atoms with Crippen LogP contribution in [0.4, 0.5) is 0 Å². The lowest BCUT2D eigenvalue weighted by molar-refractivity contribution is 0.673. The second-order valence-corrected chi connectivity index (χ2v) is 7.42. The van der Waals surface area contributed by atoms with Crippen LogP contribution in [0.3, 0.4) is 0 Å². The van der Waals surface area contributed by atoms with Crippen molar-refractivity contribution in [2.75, 3.05) is 0 Å². The summed E-state index contributed by atoms with van der Waals surface area (Å²) in [5.74, 6) is 0. The normalized spacial score (nSPS) is 29.0. The largest absolute Gasteiger partial charge is 0.0766 e. The van der Waals surface area contributed by atoms with E-state index in [0.717, 1.165) is 0 Å². The van der Waals surface area contributed by atoms with Gasteiger partial charge in [0.05, 0.1) is 1.43 Å². The second-order valence-electron chi connectivity index (χ2n) is 1.50. The van der Waals surface area contributed by atoms with E-state index in [2.05, 4.69) is 51.6 Å². The van der Waals surface area contributed by atoms with Gasteiger partial charge in [0, 0.05) is 0 Å². The van der Waals surface area contributed by atoms with E-state index in [1.165, 1.54) is 12.8 Å². The minimum atomic E-state index is 0.537. The molecule has 0 N–H and O–H groups in total. The Balaban J connectivity index is 2.31. The van der Waals surface area contributed by atoms with Crippen LogP contribution in [0.2, 0.25) is 0 Å². The van der Waals surface area contributed by atoms with Crippen molar-refractivity contribution in [3.8, 4) is 0 Å². The Morgan fingerprint density at radius 3 is 1.83 bits per heavy atom. The molecule has 0 aromatic carbocycles. The van der Waals surface area contributed by atoms with Gasteiger partial charge >= 0.3 is 0 Å². The minimum absolute atomic E-state index is 0.537. The fourth-order valence-electron chi connectivity index (χ4n) is 0.363. The zero-order chi connectivity index (χ0) is 4.62. The van der Waals surface area contributed by atoms with E-state index in [1.54, 1.807) is 0 Å². The Morgan fingerprint density at radius 2 is 1.83 bits per heavy atom. The molecular formula is C4H5I2. The van der Waals surface area contributed by atoms with Crippen LogP contribution in [0.5, 0.6) is 0 Å². The maximum atomic E-state index is 2.46. The molecular weight excluding hydrogens is 302 g/mol. The van der Waals surface area contributed by atoms with Crippen LogP contribution < -0.4 is 0 Å². The molecule has 0 atom stereocenters. The average Bonchev–Trinajstić information content (AvgIpc) is 1.32. The fourth-order valence-corrected chi connectivity index (χ4v) is 1.61. The third-order valence-corrected chi connectivity index (χ3v) is 2.88. The topological polar surface area (TPSA) is 0 Å². The Bertz CT molecular complexity index is 52.6. The van der Waals surface area contributed by atoms with Crippen LogP contribution in [0.1, 0.15) is 12.8 Å². The van der Waals surface area contributed by atoms with Crippen molar-refractivity contribution in [1.82, 2.24) is 0 Å². The van der Waals surface area contributed by atoms with Crippen LogP contribution in [-0.4, -0.2) is 1.43 Å². The van der Waals surface area contributed by atoms with E-state index < -0.39 is 0 Å². The molecule has 35 valence electrons. The molecule has 0 heterocycles. The first-order valence-electron chi connectivity index (χ1n) is 1.93. The molecule has 0 aromatic rings. The summed E-state index contributed by atoms with van der Waals surface area (Å²) >= 11 is 4.92. The Morgan fingerprint density at radius 1 is 1.50 bits per heavy atom. The predicted molar refractivity (Wildman–Crippen MR) is 44.3 cm³/mol. The summed E-state index contributed by atoms with van der Waals surface area (Å²) in [6.45, 7) is 0. The summed E-state index contributed by atoms with van der Waals surface area (Å²) in [5, 5.41) is 0. The highest BCUT2D eigenvalue weighted by atomic mass is 127. The minimum Gasteiger partial charge on any atom is -0.0669 e. The molecule has 0 aromatic heterocycles. The van der Waals surface area contributed by atoms with Gasteiger partial charge in [-0.25, -0.2) is 0 Å². The lowest BCUT2D eigenvalue weighted by Crippen LogP contribution is -2.21. The summed E-state index contributed by atoms with van der Waals surface area (Å²) < 4.78 is 0.537. The van der Waals surface area contributed by atoms with Crippen LogP contribution in [0, 0.1) is 6.42 Å². The van der Waals surface area contributed by atoms with E-state index in [9.17, 15) is 0 Å². The molecule has 0 bridgehead atoms. The number of halogens is 2. The molecule has 6 heavy (non-hydrogen) atoms. The van der Waals surface area contributed by atoms with Gasteiger partial charge in [-0.2, -0.15) is 0 Å². The first-order chi connectivity index (χ1) is 2.71. The third kappa shape index (κ3) is 1.21. The third-order valence-electron chi connectivity index (χ3n) is 0.921. The van der Waals surface area contributed by atoms with E-state index in [1.807, 2.05) is 0 Å². The summed E-state index contributed by atoms with van der Waals surface area (Å²) in [4.78, 5) is 0. The first kappa shape index (κ1) is 5.59. The molecule has 1 saturated carbocycles. The fraction of sp³-hybridized carbons (Fsp3) is 0.750. The molecule has 1 radical (unpaired) electrons. The van der Waals surface area contributed by atoms with Crippen molar-refractivity contribution in [3.63, 3.8) is 0 Å². The van der Waals surface area contributed by atoms with Crippen molar-refractivity contribution in [1.29, 1.82) is 0 Å². The Kier molecular flexibility index (Phi) is 1.64. The Hall–Kier alpha value is 1.46. The lowest BCUT2D eigenvalue weighted by Gasteiger charge is -2.28. The summed E-state index contributed by atoms with van der Waals surface area (Å²) in [7, 11) is 0. The molecule has 0 aliphatic heterocycles. The SMILES string of the molecule is IC1(I)[CH]CC1. The van der Waals surface area contributed by atoms with E-state index >= 15 is 0 Å². The predicted octanol–water partition coefficient (Wildman–Crippen LogP) is 2.55.